The normalized spacial score (nSPS) is 26.4. The molecule has 0 amide bonds. The van der Waals surface area contributed by atoms with E-state index in [-0.39, 0.29) is 17.8 Å². The number of alkyl halides is 1. The van der Waals surface area contributed by atoms with E-state index in [2.05, 4.69) is 25.5 Å². The molecule has 150 valence electrons. The topological polar surface area (TPSA) is 87.1 Å². The minimum atomic E-state index is -0.960. The van der Waals surface area contributed by atoms with E-state index < -0.39 is 6.17 Å². The van der Waals surface area contributed by atoms with Crippen molar-refractivity contribution in [1.29, 1.82) is 0 Å². The molecule has 0 aliphatic carbocycles. The largest absolute Gasteiger partial charge is 0.507 e. The summed E-state index contributed by atoms with van der Waals surface area (Å²) in [5.74, 6) is 0.489. The third-order valence-electron chi connectivity index (χ3n) is 6.19. The molecule has 7 nitrogen and oxygen atoms in total. The molecule has 2 saturated heterocycles. The lowest BCUT2D eigenvalue weighted by Crippen LogP contribution is -2.61. The SMILES string of the molecule is CN(c1ncc(-c2cc3ccncc3cc2O)nn1)[C@@H]1CC2CCCC(N2)[C@H]1F. The van der Waals surface area contributed by atoms with Gasteiger partial charge in [-0.05, 0) is 42.8 Å². The number of hydrogen-bond donors (Lipinski definition) is 2. The Morgan fingerprint density at radius 1 is 1.17 bits per heavy atom. The molecule has 1 aromatic carbocycles. The van der Waals surface area contributed by atoms with Gasteiger partial charge in [0.25, 0.3) is 0 Å². The van der Waals surface area contributed by atoms with Crippen LogP contribution in [0.5, 0.6) is 5.75 Å². The van der Waals surface area contributed by atoms with Crippen molar-refractivity contribution >= 4 is 16.7 Å². The summed E-state index contributed by atoms with van der Waals surface area (Å²) in [4.78, 5) is 10.3. The van der Waals surface area contributed by atoms with Crippen molar-refractivity contribution in [3.05, 3.63) is 36.8 Å². The number of benzene rings is 1. The molecule has 2 bridgehead atoms. The van der Waals surface area contributed by atoms with Gasteiger partial charge in [-0.15, -0.1) is 10.2 Å². The van der Waals surface area contributed by atoms with Gasteiger partial charge in [0.2, 0.25) is 5.95 Å². The van der Waals surface area contributed by atoms with Crippen molar-refractivity contribution in [2.45, 2.75) is 50.0 Å². The number of piperidine rings is 2. The Labute approximate surface area is 168 Å². The molecule has 0 spiro atoms. The van der Waals surface area contributed by atoms with Gasteiger partial charge >= 0.3 is 0 Å². The summed E-state index contributed by atoms with van der Waals surface area (Å²) in [6.45, 7) is 0. The monoisotopic (exact) mass is 394 g/mol. The van der Waals surface area contributed by atoms with Gasteiger partial charge in [0.05, 0.1) is 12.2 Å². The van der Waals surface area contributed by atoms with Crippen molar-refractivity contribution < 1.29 is 9.50 Å². The third kappa shape index (κ3) is 3.27. The van der Waals surface area contributed by atoms with E-state index in [1.165, 1.54) is 0 Å². The van der Waals surface area contributed by atoms with Crippen LogP contribution in [0.1, 0.15) is 25.7 Å². The van der Waals surface area contributed by atoms with E-state index >= 15 is 0 Å². The Bertz CT molecular complexity index is 1030. The van der Waals surface area contributed by atoms with Crippen LogP contribution in [0, 0.1) is 0 Å². The van der Waals surface area contributed by atoms with E-state index in [4.69, 9.17) is 0 Å². The summed E-state index contributed by atoms with van der Waals surface area (Å²) in [6.07, 6.45) is 7.79. The summed E-state index contributed by atoms with van der Waals surface area (Å²) in [5, 5.41) is 24.1. The Kier molecular flexibility index (Phi) is 4.50. The van der Waals surface area contributed by atoms with Crippen molar-refractivity contribution in [3.8, 4) is 17.0 Å². The third-order valence-corrected chi connectivity index (χ3v) is 6.19. The van der Waals surface area contributed by atoms with Crippen molar-refractivity contribution in [3.63, 3.8) is 0 Å². The zero-order valence-corrected chi connectivity index (χ0v) is 16.2. The number of pyridine rings is 1. The maximum atomic E-state index is 15.0. The molecule has 2 aliphatic heterocycles. The van der Waals surface area contributed by atoms with E-state index in [0.717, 1.165) is 36.5 Å². The molecule has 2 fully saturated rings. The van der Waals surface area contributed by atoms with E-state index in [9.17, 15) is 9.50 Å². The van der Waals surface area contributed by atoms with Crippen LogP contribution < -0.4 is 10.2 Å². The first-order valence-corrected chi connectivity index (χ1v) is 10.00. The minimum absolute atomic E-state index is 0.0915. The van der Waals surface area contributed by atoms with E-state index in [1.54, 1.807) is 29.6 Å². The number of anilines is 1. The highest BCUT2D eigenvalue weighted by Gasteiger charge is 2.42. The second-order valence-electron chi connectivity index (χ2n) is 7.99. The van der Waals surface area contributed by atoms with Gasteiger partial charge in [0.15, 0.2) is 0 Å². The van der Waals surface area contributed by atoms with Crippen molar-refractivity contribution in [1.82, 2.24) is 25.5 Å². The quantitative estimate of drug-likeness (QED) is 0.706. The number of nitrogens with zero attached hydrogens (tertiary/aromatic N) is 5. The van der Waals surface area contributed by atoms with Gasteiger partial charge in [-0.3, -0.25) is 4.98 Å². The average Bonchev–Trinajstić information content (AvgIpc) is 2.76. The summed E-state index contributed by atoms with van der Waals surface area (Å²) >= 11 is 0. The molecule has 2 N–H and O–H groups in total. The Hall–Kier alpha value is -2.87. The van der Waals surface area contributed by atoms with Crippen LogP contribution in [0.3, 0.4) is 0 Å². The molecule has 8 heteroatoms. The molecule has 2 aliphatic rings. The number of nitrogens with one attached hydrogen (secondary N) is 1. The smallest absolute Gasteiger partial charge is 0.245 e. The van der Waals surface area contributed by atoms with Crippen molar-refractivity contribution in [2.75, 3.05) is 11.9 Å². The maximum Gasteiger partial charge on any atom is 0.245 e. The number of halogens is 1. The average molecular weight is 394 g/mol. The summed E-state index contributed by atoms with van der Waals surface area (Å²) in [6, 6.07) is 5.36. The lowest BCUT2D eigenvalue weighted by molar-refractivity contribution is 0.106. The van der Waals surface area contributed by atoms with Gasteiger partial charge in [-0.25, -0.2) is 9.37 Å². The maximum absolute atomic E-state index is 15.0. The number of fused-ring (bicyclic) bond motifs is 3. The Morgan fingerprint density at radius 2 is 2.07 bits per heavy atom. The Morgan fingerprint density at radius 3 is 2.90 bits per heavy atom. The van der Waals surface area contributed by atoms with Crippen LogP contribution in [-0.2, 0) is 0 Å². The molecule has 29 heavy (non-hydrogen) atoms. The van der Waals surface area contributed by atoms with Gasteiger partial charge in [0, 0.05) is 42.5 Å². The van der Waals surface area contributed by atoms with Crippen molar-refractivity contribution in [2.24, 2.45) is 0 Å². The predicted molar refractivity (Wildman–Crippen MR) is 108 cm³/mol. The Balaban J connectivity index is 1.41. The van der Waals surface area contributed by atoms with Gasteiger partial charge in [-0.1, -0.05) is 6.42 Å². The van der Waals surface area contributed by atoms with Crippen LogP contribution in [0.15, 0.2) is 36.8 Å². The molecular weight excluding hydrogens is 371 g/mol. The fourth-order valence-corrected chi connectivity index (χ4v) is 4.58. The fraction of sp³-hybridized carbons (Fsp3) is 0.429. The van der Waals surface area contributed by atoms with Gasteiger partial charge in [-0.2, -0.15) is 0 Å². The molecule has 0 saturated carbocycles. The number of rotatable bonds is 3. The molecule has 2 aromatic heterocycles. The second kappa shape index (κ2) is 7.18. The first kappa shape index (κ1) is 18.2. The summed E-state index contributed by atoms with van der Waals surface area (Å²) in [7, 11) is 1.83. The molecule has 3 aromatic rings. The second-order valence-corrected chi connectivity index (χ2v) is 7.99. The highest BCUT2D eigenvalue weighted by molar-refractivity contribution is 5.89. The summed E-state index contributed by atoms with van der Waals surface area (Å²) < 4.78 is 15.0. The molecule has 0 radical (unpaired) electrons. The zero-order valence-electron chi connectivity index (χ0n) is 16.2. The predicted octanol–water partition coefficient (Wildman–Crippen LogP) is 2.85. The number of hydrogen-bond acceptors (Lipinski definition) is 7. The van der Waals surface area contributed by atoms with Crippen LogP contribution in [0.4, 0.5) is 10.3 Å². The van der Waals surface area contributed by atoms with Crippen LogP contribution in [0.25, 0.3) is 22.0 Å². The van der Waals surface area contributed by atoms with Gasteiger partial charge in [0.1, 0.15) is 17.6 Å². The lowest BCUT2D eigenvalue weighted by Gasteiger charge is -2.45. The fourth-order valence-electron chi connectivity index (χ4n) is 4.58. The highest BCUT2D eigenvalue weighted by Crippen LogP contribution is 2.33. The lowest BCUT2D eigenvalue weighted by atomic mass is 9.82. The number of aromatic hydroxyl groups is 1. The molecule has 4 atom stereocenters. The molecule has 4 heterocycles. The minimum Gasteiger partial charge on any atom is -0.507 e. The first-order valence-electron chi connectivity index (χ1n) is 10.00. The molecular formula is C21H23FN6O. The summed E-state index contributed by atoms with van der Waals surface area (Å²) in [5.41, 5.74) is 1.02. The first-order chi connectivity index (χ1) is 14.1. The number of phenolic OH excluding ortho intramolecular Hbond substituents is 1. The van der Waals surface area contributed by atoms with E-state index in [1.807, 2.05) is 19.2 Å². The zero-order chi connectivity index (χ0) is 20.0. The van der Waals surface area contributed by atoms with Crippen LogP contribution in [-0.4, -0.2) is 56.6 Å². The number of phenols is 1. The van der Waals surface area contributed by atoms with Crippen LogP contribution in [0.2, 0.25) is 0 Å². The molecule has 2 unspecified atom stereocenters. The molecule has 5 rings (SSSR count). The standard InChI is InChI=1S/C21H23FN6O/c1-28(18-9-14-3-2-4-16(25-14)20(18)22)21-24-11-17(26-27-21)15-7-12-5-6-23-10-13(12)8-19(15)29/h5-8,10-11,14,16,18,20,25,29H,2-4,9H2,1H3/t14?,16?,18-,20-/m1/s1. The number of aromatic nitrogens is 4. The highest BCUT2D eigenvalue weighted by atomic mass is 19.1. The van der Waals surface area contributed by atoms with E-state index in [0.29, 0.717) is 23.2 Å². The van der Waals surface area contributed by atoms with Gasteiger partial charge < -0.3 is 15.3 Å². The van der Waals surface area contributed by atoms with Crippen LogP contribution >= 0.6 is 0 Å².